The Kier molecular flexibility index (Phi) is 5.71. The first kappa shape index (κ1) is 21.1. The molecule has 6 heteroatoms. The highest BCUT2D eigenvalue weighted by Gasteiger charge is 2.61. The smallest absolute Gasteiger partial charge is 0.223 e. The fourth-order valence-corrected chi connectivity index (χ4v) is 7.70. The Hall–Kier alpha value is -1.14. The zero-order valence-electron chi connectivity index (χ0n) is 18.5. The lowest BCUT2D eigenvalue weighted by molar-refractivity contribution is -0.143. The molecule has 4 fully saturated rings. The predicted molar refractivity (Wildman–Crippen MR) is 110 cm³/mol. The Morgan fingerprint density at radius 3 is 2.52 bits per heavy atom. The first-order valence-corrected chi connectivity index (χ1v) is 11.5. The first-order valence-electron chi connectivity index (χ1n) is 11.5. The second-order valence-electron chi connectivity index (χ2n) is 10.4. The molecule has 3 aliphatic carbocycles. The van der Waals surface area contributed by atoms with Crippen molar-refractivity contribution in [1.29, 1.82) is 0 Å². The summed E-state index contributed by atoms with van der Waals surface area (Å²) in [4.78, 5) is 25.0. The maximum atomic E-state index is 13.1. The van der Waals surface area contributed by atoms with Crippen LogP contribution in [0.3, 0.4) is 0 Å². The Balaban J connectivity index is 1.47. The number of methoxy groups -OCH3 is 2. The minimum atomic E-state index is -0.392. The molecule has 0 spiro atoms. The van der Waals surface area contributed by atoms with Crippen molar-refractivity contribution in [3.05, 3.63) is 0 Å². The van der Waals surface area contributed by atoms with Crippen LogP contribution in [-0.2, 0) is 19.1 Å². The lowest BCUT2D eigenvalue weighted by atomic mass is 9.47. The third-order valence-electron chi connectivity index (χ3n) is 9.38. The molecule has 6 nitrogen and oxygen atoms in total. The molecule has 0 aromatic carbocycles. The number of amides is 2. The average Bonchev–Trinajstić information content (AvgIpc) is 3.06. The van der Waals surface area contributed by atoms with Gasteiger partial charge >= 0.3 is 0 Å². The highest BCUT2D eigenvalue weighted by molar-refractivity contribution is 5.80. The molecule has 7 atom stereocenters. The van der Waals surface area contributed by atoms with Crippen LogP contribution < -0.4 is 10.6 Å². The second kappa shape index (κ2) is 7.84. The fourth-order valence-electron chi connectivity index (χ4n) is 7.70. The zero-order chi connectivity index (χ0) is 20.8. The van der Waals surface area contributed by atoms with Crippen LogP contribution in [0.25, 0.3) is 0 Å². The highest BCUT2D eigenvalue weighted by atomic mass is 16.7. The topological polar surface area (TPSA) is 76.7 Å². The quantitative estimate of drug-likeness (QED) is 0.689. The lowest BCUT2D eigenvalue weighted by Gasteiger charge is -2.60. The van der Waals surface area contributed by atoms with Crippen molar-refractivity contribution < 1.29 is 19.1 Å². The van der Waals surface area contributed by atoms with Crippen molar-refractivity contribution in [3.63, 3.8) is 0 Å². The summed E-state index contributed by atoms with van der Waals surface area (Å²) in [6, 6.07) is 0.342. The van der Waals surface area contributed by atoms with E-state index in [-0.39, 0.29) is 28.6 Å². The van der Waals surface area contributed by atoms with Crippen molar-refractivity contribution in [2.75, 3.05) is 20.8 Å². The van der Waals surface area contributed by atoms with Gasteiger partial charge in [0, 0.05) is 32.6 Å². The van der Waals surface area contributed by atoms with Gasteiger partial charge in [-0.25, -0.2) is 0 Å². The van der Waals surface area contributed by atoms with Gasteiger partial charge in [-0.3, -0.25) is 9.59 Å². The van der Waals surface area contributed by atoms with Gasteiger partial charge in [-0.1, -0.05) is 13.8 Å². The van der Waals surface area contributed by atoms with Gasteiger partial charge in [0.15, 0.2) is 6.29 Å². The SMILES string of the molecule is COC(CNC(=O)[C@H]1CC[C@H]2[C@@H]3CC[C@H]4NC(=O)CC[C@]4(C)[C@H]3CC[C@]12C)OC. The molecule has 1 saturated heterocycles. The molecule has 0 aromatic rings. The summed E-state index contributed by atoms with van der Waals surface area (Å²) in [7, 11) is 3.19. The van der Waals surface area contributed by atoms with Crippen LogP contribution in [-0.4, -0.2) is 44.9 Å². The third kappa shape index (κ3) is 3.40. The van der Waals surface area contributed by atoms with Crippen LogP contribution in [0.2, 0.25) is 0 Å². The van der Waals surface area contributed by atoms with Gasteiger partial charge in [0.05, 0.1) is 6.54 Å². The first-order chi connectivity index (χ1) is 13.8. The van der Waals surface area contributed by atoms with Gasteiger partial charge in [-0.15, -0.1) is 0 Å². The van der Waals surface area contributed by atoms with E-state index in [4.69, 9.17) is 9.47 Å². The summed E-state index contributed by atoms with van der Waals surface area (Å²) >= 11 is 0. The van der Waals surface area contributed by atoms with Crippen molar-refractivity contribution in [2.45, 2.75) is 77.5 Å². The van der Waals surface area contributed by atoms with Crippen LogP contribution in [0, 0.1) is 34.5 Å². The molecule has 3 saturated carbocycles. The molecule has 2 amide bonds. The van der Waals surface area contributed by atoms with Crippen LogP contribution in [0.1, 0.15) is 65.2 Å². The van der Waals surface area contributed by atoms with Gasteiger partial charge in [-0.05, 0) is 73.5 Å². The van der Waals surface area contributed by atoms with Crippen LogP contribution in [0.15, 0.2) is 0 Å². The molecule has 2 N–H and O–H groups in total. The zero-order valence-corrected chi connectivity index (χ0v) is 18.5. The second-order valence-corrected chi connectivity index (χ2v) is 10.4. The number of fused-ring (bicyclic) bond motifs is 5. The normalized spacial score (nSPS) is 43.9. The third-order valence-corrected chi connectivity index (χ3v) is 9.38. The minimum Gasteiger partial charge on any atom is -0.354 e. The maximum Gasteiger partial charge on any atom is 0.223 e. The molecule has 0 aromatic heterocycles. The molecule has 4 aliphatic rings. The molecule has 0 unspecified atom stereocenters. The Bertz CT molecular complexity index is 651. The number of carbonyl (C=O) groups is 2. The van der Waals surface area contributed by atoms with E-state index < -0.39 is 6.29 Å². The van der Waals surface area contributed by atoms with Crippen LogP contribution >= 0.6 is 0 Å². The molecule has 4 rings (SSSR count). The summed E-state index contributed by atoms with van der Waals surface area (Å²) in [5.41, 5.74) is 0.310. The average molecular weight is 407 g/mol. The molecule has 1 aliphatic heterocycles. The highest BCUT2D eigenvalue weighted by Crippen LogP contribution is 2.65. The van der Waals surface area contributed by atoms with Gasteiger partial charge in [-0.2, -0.15) is 0 Å². The predicted octanol–water partition coefficient (Wildman–Crippen LogP) is 2.86. The Morgan fingerprint density at radius 2 is 1.79 bits per heavy atom. The summed E-state index contributed by atoms with van der Waals surface area (Å²) in [6.07, 6.45) is 8.02. The molecule has 164 valence electrons. The number of carbonyl (C=O) groups excluding carboxylic acids is 2. The summed E-state index contributed by atoms with van der Waals surface area (Å²) < 4.78 is 10.4. The van der Waals surface area contributed by atoms with E-state index in [2.05, 4.69) is 24.5 Å². The number of hydrogen-bond donors (Lipinski definition) is 2. The van der Waals surface area contributed by atoms with E-state index >= 15 is 0 Å². The number of rotatable bonds is 5. The van der Waals surface area contributed by atoms with Gasteiger partial charge in [0.2, 0.25) is 11.8 Å². The van der Waals surface area contributed by atoms with E-state index in [0.717, 1.165) is 32.1 Å². The van der Waals surface area contributed by atoms with Crippen molar-refractivity contribution >= 4 is 11.8 Å². The monoisotopic (exact) mass is 406 g/mol. The molecule has 0 radical (unpaired) electrons. The summed E-state index contributed by atoms with van der Waals surface area (Å²) in [5, 5.41) is 6.38. The Labute approximate surface area is 174 Å². The van der Waals surface area contributed by atoms with E-state index in [9.17, 15) is 9.59 Å². The molecular weight excluding hydrogens is 368 g/mol. The summed E-state index contributed by atoms with van der Waals surface area (Å²) in [6.45, 7) is 5.19. The minimum absolute atomic E-state index is 0.0828. The Morgan fingerprint density at radius 1 is 1.07 bits per heavy atom. The lowest BCUT2D eigenvalue weighted by Crippen LogP contribution is -2.61. The fraction of sp³-hybridized carbons (Fsp3) is 0.913. The summed E-state index contributed by atoms with van der Waals surface area (Å²) in [5.74, 6) is 2.46. The van der Waals surface area contributed by atoms with E-state index in [1.165, 1.54) is 12.8 Å². The largest absolute Gasteiger partial charge is 0.354 e. The number of piperidine rings is 1. The van der Waals surface area contributed by atoms with Crippen molar-refractivity contribution in [3.8, 4) is 0 Å². The number of ether oxygens (including phenoxy) is 2. The van der Waals surface area contributed by atoms with Crippen LogP contribution in [0.4, 0.5) is 0 Å². The van der Waals surface area contributed by atoms with Crippen molar-refractivity contribution in [2.24, 2.45) is 34.5 Å². The molecule has 1 heterocycles. The standard InChI is InChI=1S/C23H38N2O4/c1-22-11-9-16-14(5-8-18-23(16,2)12-10-19(26)25-18)15(22)6-7-17(22)21(27)24-13-20(28-3)29-4/h14-18,20H,5-13H2,1-4H3,(H,24,27)(H,25,26)/t14-,15-,16-,17+,18+,22-,23+/m0/s1. The van der Waals surface area contributed by atoms with E-state index in [1.807, 2.05) is 0 Å². The van der Waals surface area contributed by atoms with Gasteiger partial charge in [0.1, 0.15) is 0 Å². The number of hydrogen-bond acceptors (Lipinski definition) is 4. The van der Waals surface area contributed by atoms with E-state index in [1.54, 1.807) is 14.2 Å². The van der Waals surface area contributed by atoms with E-state index in [0.29, 0.717) is 36.8 Å². The molecular formula is C23H38N2O4. The van der Waals surface area contributed by atoms with Crippen molar-refractivity contribution in [1.82, 2.24) is 10.6 Å². The molecule has 0 bridgehead atoms. The van der Waals surface area contributed by atoms with Gasteiger partial charge < -0.3 is 20.1 Å². The van der Waals surface area contributed by atoms with Gasteiger partial charge in [0.25, 0.3) is 0 Å². The maximum absolute atomic E-state index is 13.1. The number of nitrogens with one attached hydrogen (secondary N) is 2. The van der Waals surface area contributed by atoms with Crippen LogP contribution in [0.5, 0.6) is 0 Å². The molecule has 29 heavy (non-hydrogen) atoms.